The minimum absolute atomic E-state index is 0. The summed E-state index contributed by atoms with van der Waals surface area (Å²) < 4.78 is 0.879. The van der Waals surface area contributed by atoms with Crippen LogP contribution in [0.15, 0.2) is 30.3 Å². The van der Waals surface area contributed by atoms with Crippen molar-refractivity contribution in [3.05, 3.63) is 35.9 Å². The third kappa shape index (κ3) is 7.41. The fraction of sp³-hybridized carbons (Fsp3) is 0.741. The molecular formula is C27H48ClN3O3. The minimum atomic E-state index is -0.587. The van der Waals surface area contributed by atoms with E-state index in [1.165, 1.54) is 5.56 Å². The molecule has 1 fully saturated rings. The van der Waals surface area contributed by atoms with Gasteiger partial charge in [-0.25, -0.2) is 0 Å². The molecule has 1 aromatic carbocycles. The zero-order valence-corrected chi connectivity index (χ0v) is 23.4. The van der Waals surface area contributed by atoms with Crippen molar-refractivity contribution >= 4 is 5.91 Å². The summed E-state index contributed by atoms with van der Waals surface area (Å²) in [7, 11) is 4.45. The second-order valence-electron chi connectivity index (χ2n) is 11.1. The highest BCUT2D eigenvalue weighted by Crippen LogP contribution is 2.46. The highest BCUT2D eigenvalue weighted by molar-refractivity contribution is 5.80. The lowest BCUT2D eigenvalue weighted by molar-refractivity contribution is -0.903. The quantitative estimate of drug-likeness (QED) is 0.355. The Morgan fingerprint density at radius 3 is 2.41 bits per heavy atom. The first kappa shape index (κ1) is 30.9. The molecule has 6 nitrogen and oxygen atoms in total. The number of piperidine rings is 1. The van der Waals surface area contributed by atoms with Crippen LogP contribution < -0.4 is 17.7 Å². The van der Waals surface area contributed by atoms with Crippen molar-refractivity contribution in [2.75, 3.05) is 27.2 Å². The third-order valence-corrected chi connectivity index (χ3v) is 7.96. The van der Waals surface area contributed by atoms with Gasteiger partial charge in [0.05, 0.1) is 26.7 Å². The van der Waals surface area contributed by atoms with E-state index in [4.69, 9.17) is 4.84 Å². The van der Waals surface area contributed by atoms with Gasteiger partial charge in [-0.15, -0.1) is 0 Å². The topological polar surface area (TPSA) is 61.8 Å². The fourth-order valence-electron chi connectivity index (χ4n) is 5.15. The molecule has 34 heavy (non-hydrogen) atoms. The lowest BCUT2D eigenvalue weighted by Gasteiger charge is -2.58. The monoisotopic (exact) mass is 497 g/mol. The summed E-state index contributed by atoms with van der Waals surface area (Å²) in [6, 6.07) is 10.5. The van der Waals surface area contributed by atoms with Gasteiger partial charge in [0, 0.05) is 35.5 Å². The molecule has 2 rings (SSSR count). The normalized spacial score (nSPS) is 28.7. The second-order valence-corrected chi connectivity index (χ2v) is 11.1. The zero-order valence-electron chi connectivity index (χ0n) is 22.6. The van der Waals surface area contributed by atoms with Crippen LogP contribution in [0, 0.1) is 5.92 Å². The number of hydroxylamine groups is 2. The van der Waals surface area contributed by atoms with E-state index in [2.05, 4.69) is 78.3 Å². The molecule has 1 heterocycles. The summed E-state index contributed by atoms with van der Waals surface area (Å²) in [6.07, 6.45) is 2.27. The average molecular weight is 498 g/mol. The van der Waals surface area contributed by atoms with E-state index in [0.29, 0.717) is 13.0 Å². The molecule has 0 spiro atoms. The number of carbonyl (C=O) groups is 1. The van der Waals surface area contributed by atoms with Crippen molar-refractivity contribution in [3.8, 4) is 0 Å². The molecule has 1 aromatic rings. The number of nitrogens with zero attached hydrogens (tertiary/aromatic N) is 2. The maximum Gasteiger partial charge on any atom is 0.250 e. The number of carbonyl (C=O) groups excluding carboxylic acids is 1. The van der Waals surface area contributed by atoms with Gasteiger partial charge in [-0.3, -0.25) is 9.63 Å². The van der Waals surface area contributed by atoms with E-state index in [1.54, 1.807) is 0 Å². The second kappa shape index (κ2) is 12.7. The predicted molar refractivity (Wildman–Crippen MR) is 134 cm³/mol. The van der Waals surface area contributed by atoms with Gasteiger partial charge in [-0.2, -0.15) is 5.06 Å². The van der Waals surface area contributed by atoms with Gasteiger partial charge in [0.2, 0.25) is 0 Å². The van der Waals surface area contributed by atoms with Gasteiger partial charge in [0.15, 0.2) is 6.10 Å². The lowest BCUT2D eigenvalue weighted by Crippen LogP contribution is -3.00. The lowest BCUT2D eigenvalue weighted by atomic mass is 9.69. The fourth-order valence-corrected chi connectivity index (χ4v) is 5.15. The first-order chi connectivity index (χ1) is 15.4. The summed E-state index contributed by atoms with van der Waals surface area (Å²) in [5.74, 6) is -0.0268. The van der Waals surface area contributed by atoms with Crippen LogP contribution in [-0.2, 0) is 16.2 Å². The van der Waals surface area contributed by atoms with Crippen LogP contribution in [-0.4, -0.2) is 71.0 Å². The van der Waals surface area contributed by atoms with Crippen molar-refractivity contribution in [3.63, 3.8) is 0 Å². The number of aliphatic hydroxyl groups excluding tert-OH is 1. The molecule has 196 valence electrons. The number of quaternary nitrogens is 1. The van der Waals surface area contributed by atoms with E-state index in [1.807, 2.05) is 18.1 Å². The number of halogens is 1. The van der Waals surface area contributed by atoms with E-state index >= 15 is 0 Å². The van der Waals surface area contributed by atoms with E-state index < -0.39 is 6.10 Å². The Labute approximate surface area is 214 Å². The summed E-state index contributed by atoms with van der Waals surface area (Å²) in [5.41, 5.74) is 0.674. The first-order valence-corrected chi connectivity index (χ1v) is 12.7. The van der Waals surface area contributed by atoms with Crippen LogP contribution in [0.5, 0.6) is 0 Å². The Morgan fingerprint density at radius 2 is 1.85 bits per heavy atom. The van der Waals surface area contributed by atoms with E-state index in [-0.39, 0.29) is 41.4 Å². The summed E-state index contributed by atoms with van der Waals surface area (Å²) >= 11 is 0. The smallest absolute Gasteiger partial charge is 0.250 e. The predicted octanol–water partition coefficient (Wildman–Crippen LogP) is 1.13. The molecule has 0 aliphatic carbocycles. The highest BCUT2D eigenvalue weighted by atomic mass is 35.5. The first-order valence-electron chi connectivity index (χ1n) is 12.7. The van der Waals surface area contributed by atoms with Crippen molar-refractivity contribution in [1.82, 2.24) is 10.4 Å². The number of aliphatic hydroxyl groups is 1. The maximum absolute atomic E-state index is 12.9. The van der Waals surface area contributed by atoms with Crippen molar-refractivity contribution in [1.29, 1.82) is 0 Å². The molecule has 0 radical (unpaired) electrons. The Bertz CT molecular complexity index is 763. The van der Waals surface area contributed by atoms with E-state index in [0.717, 1.165) is 36.8 Å². The summed E-state index contributed by atoms with van der Waals surface area (Å²) in [4.78, 5) is 19.2. The Morgan fingerprint density at radius 1 is 1.24 bits per heavy atom. The number of hydrogen-bond donors (Lipinski definition) is 2. The molecule has 0 bridgehead atoms. The number of rotatable bonds is 11. The summed E-state index contributed by atoms with van der Waals surface area (Å²) in [6.45, 7) is 15.0. The molecule has 5 unspecified atom stereocenters. The van der Waals surface area contributed by atoms with Crippen LogP contribution >= 0.6 is 0 Å². The Hall–Kier alpha value is -1.18. The van der Waals surface area contributed by atoms with Crippen molar-refractivity contribution < 1.29 is 31.6 Å². The molecule has 0 saturated carbocycles. The molecular weight excluding hydrogens is 450 g/mol. The minimum Gasteiger partial charge on any atom is -1.00 e. The Kier molecular flexibility index (Phi) is 11.5. The van der Waals surface area contributed by atoms with Crippen LogP contribution in [0.25, 0.3) is 0 Å². The van der Waals surface area contributed by atoms with Gasteiger partial charge in [-0.05, 0) is 40.0 Å². The molecule has 1 aliphatic heterocycles. The standard InChI is InChI=1S/C27H47N3O3.ClH/c1-9-26(5)19-24(31)21(3)27(6,10-2)29(26)33-22(4)25(32)28-17-14-18-30(7,8)20-23-15-12-11-13-16-23;/h11-13,15-16,21-22,24,31H,9-10,14,17-20H2,1-8H3;1H. The van der Waals surface area contributed by atoms with Gasteiger partial charge < -0.3 is 27.3 Å². The van der Waals surface area contributed by atoms with Gasteiger partial charge in [0.25, 0.3) is 5.91 Å². The zero-order chi connectivity index (χ0) is 24.9. The maximum atomic E-state index is 12.9. The third-order valence-electron chi connectivity index (χ3n) is 7.96. The Balaban J connectivity index is 0.00000578. The van der Waals surface area contributed by atoms with Crippen molar-refractivity contribution in [2.45, 2.75) is 97.1 Å². The van der Waals surface area contributed by atoms with Crippen molar-refractivity contribution in [2.24, 2.45) is 5.92 Å². The highest BCUT2D eigenvalue weighted by Gasteiger charge is 2.54. The van der Waals surface area contributed by atoms with Crippen LogP contribution in [0.3, 0.4) is 0 Å². The molecule has 0 aromatic heterocycles. The summed E-state index contributed by atoms with van der Waals surface area (Å²) in [5, 5.41) is 15.8. The van der Waals surface area contributed by atoms with Crippen LogP contribution in [0.1, 0.15) is 72.8 Å². The van der Waals surface area contributed by atoms with Gasteiger partial charge in [0.1, 0.15) is 6.54 Å². The molecule has 7 heteroatoms. The molecule has 2 N–H and O–H groups in total. The molecule has 1 aliphatic rings. The largest absolute Gasteiger partial charge is 1.00 e. The van der Waals surface area contributed by atoms with Gasteiger partial charge >= 0.3 is 0 Å². The molecule has 1 saturated heterocycles. The number of benzene rings is 1. The molecule has 5 atom stereocenters. The molecule has 1 amide bonds. The van der Waals surface area contributed by atoms with Gasteiger partial charge in [-0.1, -0.05) is 51.1 Å². The van der Waals surface area contributed by atoms with E-state index in [9.17, 15) is 9.90 Å². The van der Waals surface area contributed by atoms with Crippen LogP contribution in [0.4, 0.5) is 0 Å². The number of nitrogens with one attached hydrogen (secondary N) is 1. The number of hydrogen-bond acceptors (Lipinski definition) is 4. The SMILES string of the molecule is CCC1(C)CC(O)C(C)C(C)(CC)N1OC(C)C(=O)NCCC[N+](C)(C)Cc1ccccc1.[Cl-]. The number of amides is 1. The average Bonchev–Trinajstić information content (AvgIpc) is 2.78. The van der Waals surface area contributed by atoms with Crippen LogP contribution in [0.2, 0.25) is 0 Å².